The Kier molecular flexibility index (Phi) is 3.66. The zero-order chi connectivity index (χ0) is 11.6. The normalized spacial score (nSPS) is 43.1. The first-order valence-electron chi connectivity index (χ1n) is 6.92. The van der Waals surface area contributed by atoms with E-state index < -0.39 is 0 Å². The quantitative estimate of drug-likeness (QED) is 0.785. The van der Waals surface area contributed by atoms with Gasteiger partial charge in [-0.15, -0.1) is 0 Å². The Morgan fingerprint density at radius 1 is 1.00 bits per heavy atom. The maximum absolute atomic E-state index is 5.95. The van der Waals surface area contributed by atoms with Gasteiger partial charge in [0, 0.05) is 38.3 Å². The molecular weight excluding hydrogens is 218 g/mol. The van der Waals surface area contributed by atoms with Crippen LogP contribution in [-0.2, 0) is 14.2 Å². The van der Waals surface area contributed by atoms with Gasteiger partial charge >= 0.3 is 0 Å². The molecule has 0 aliphatic carbocycles. The van der Waals surface area contributed by atoms with Crippen molar-refractivity contribution in [3.63, 3.8) is 0 Å². The van der Waals surface area contributed by atoms with E-state index in [2.05, 4.69) is 5.32 Å². The lowest BCUT2D eigenvalue weighted by Gasteiger charge is -2.39. The van der Waals surface area contributed by atoms with E-state index in [0.29, 0.717) is 12.1 Å². The van der Waals surface area contributed by atoms with Crippen LogP contribution in [0.15, 0.2) is 0 Å². The highest BCUT2D eigenvalue weighted by molar-refractivity contribution is 4.93. The Morgan fingerprint density at radius 3 is 2.76 bits per heavy atom. The molecule has 0 aromatic rings. The van der Waals surface area contributed by atoms with Gasteiger partial charge in [-0.05, 0) is 25.7 Å². The molecule has 0 amide bonds. The SMILES string of the molecule is C1COCC(NC2CCOC3(CCOC3)C2)C1. The second-order valence-electron chi connectivity index (χ2n) is 5.60. The lowest BCUT2D eigenvalue weighted by atomic mass is 9.89. The monoisotopic (exact) mass is 241 g/mol. The summed E-state index contributed by atoms with van der Waals surface area (Å²) in [6.07, 6.45) is 5.73. The van der Waals surface area contributed by atoms with Crippen LogP contribution in [0.4, 0.5) is 0 Å². The lowest BCUT2D eigenvalue weighted by Crippen LogP contribution is -2.51. The Morgan fingerprint density at radius 2 is 2.00 bits per heavy atom. The average Bonchev–Trinajstić information content (AvgIpc) is 2.79. The summed E-state index contributed by atoms with van der Waals surface area (Å²) in [6, 6.07) is 1.13. The molecule has 4 heteroatoms. The van der Waals surface area contributed by atoms with Crippen LogP contribution >= 0.6 is 0 Å². The number of hydrogen-bond acceptors (Lipinski definition) is 4. The summed E-state index contributed by atoms with van der Waals surface area (Å²) in [4.78, 5) is 0. The van der Waals surface area contributed by atoms with Crippen LogP contribution in [0.25, 0.3) is 0 Å². The molecule has 3 saturated heterocycles. The van der Waals surface area contributed by atoms with E-state index in [-0.39, 0.29) is 5.60 Å². The highest BCUT2D eigenvalue weighted by Gasteiger charge is 2.41. The molecular formula is C13H23NO3. The van der Waals surface area contributed by atoms with Crippen LogP contribution in [0.3, 0.4) is 0 Å². The molecule has 3 atom stereocenters. The summed E-state index contributed by atoms with van der Waals surface area (Å²) in [5.74, 6) is 0. The summed E-state index contributed by atoms with van der Waals surface area (Å²) in [6.45, 7) is 4.32. The molecule has 4 nitrogen and oxygen atoms in total. The number of rotatable bonds is 2. The van der Waals surface area contributed by atoms with Gasteiger partial charge in [-0.2, -0.15) is 0 Å². The van der Waals surface area contributed by atoms with E-state index in [1.54, 1.807) is 0 Å². The first-order valence-corrected chi connectivity index (χ1v) is 6.92. The molecule has 0 aromatic heterocycles. The predicted molar refractivity (Wildman–Crippen MR) is 64.1 cm³/mol. The van der Waals surface area contributed by atoms with E-state index in [1.807, 2.05) is 0 Å². The van der Waals surface area contributed by atoms with Gasteiger partial charge < -0.3 is 19.5 Å². The molecule has 0 radical (unpaired) electrons. The first kappa shape index (κ1) is 11.9. The summed E-state index contributed by atoms with van der Waals surface area (Å²) in [5, 5.41) is 3.75. The third-order valence-corrected chi connectivity index (χ3v) is 4.19. The van der Waals surface area contributed by atoms with Gasteiger partial charge in [0.2, 0.25) is 0 Å². The Bertz CT molecular complexity index is 247. The van der Waals surface area contributed by atoms with Crippen LogP contribution in [-0.4, -0.2) is 50.7 Å². The Labute approximate surface area is 103 Å². The molecule has 3 heterocycles. The van der Waals surface area contributed by atoms with Crippen LogP contribution in [0, 0.1) is 0 Å². The van der Waals surface area contributed by atoms with Crippen molar-refractivity contribution in [3.8, 4) is 0 Å². The number of ether oxygens (including phenoxy) is 3. The number of hydrogen-bond donors (Lipinski definition) is 1. The Balaban J connectivity index is 1.52. The third kappa shape index (κ3) is 2.81. The smallest absolute Gasteiger partial charge is 0.0951 e. The second-order valence-corrected chi connectivity index (χ2v) is 5.60. The molecule has 3 aliphatic rings. The standard InChI is InChI=1S/C13H23NO3/c1-2-12(9-15-5-1)14-11-3-6-17-13(8-11)4-7-16-10-13/h11-12,14H,1-10H2. The first-order chi connectivity index (χ1) is 8.36. The molecule has 3 rings (SSSR count). The molecule has 1 N–H and O–H groups in total. The van der Waals surface area contributed by atoms with Crippen molar-refractivity contribution in [1.82, 2.24) is 5.32 Å². The van der Waals surface area contributed by atoms with Gasteiger partial charge in [0.15, 0.2) is 0 Å². The Hall–Kier alpha value is -0.160. The van der Waals surface area contributed by atoms with Crippen molar-refractivity contribution >= 4 is 0 Å². The van der Waals surface area contributed by atoms with E-state index in [1.165, 1.54) is 12.8 Å². The lowest BCUT2D eigenvalue weighted by molar-refractivity contribution is -0.0920. The van der Waals surface area contributed by atoms with Crippen molar-refractivity contribution in [2.24, 2.45) is 0 Å². The number of nitrogens with one attached hydrogen (secondary N) is 1. The van der Waals surface area contributed by atoms with Gasteiger partial charge in [0.25, 0.3) is 0 Å². The molecule has 3 aliphatic heterocycles. The third-order valence-electron chi connectivity index (χ3n) is 4.19. The fraction of sp³-hybridized carbons (Fsp3) is 1.00. The zero-order valence-corrected chi connectivity index (χ0v) is 10.5. The van der Waals surface area contributed by atoms with Crippen molar-refractivity contribution in [3.05, 3.63) is 0 Å². The maximum atomic E-state index is 5.95. The van der Waals surface area contributed by atoms with Crippen molar-refractivity contribution in [2.75, 3.05) is 33.0 Å². The van der Waals surface area contributed by atoms with Crippen LogP contribution in [0.5, 0.6) is 0 Å². The topological polar surface area (TPSA) is 39.7 Å². The van der Waals surface area contributed by atoms with Gasteiger partial charge in [0.05, 0.1) is 18.8 Å². The van der Waals surface area contributed by atoms with E-state index >= 15 is 0 Å². The average molecular weight is 241 g/mol. The second kappa shape index (κ2) is 5.22. The summed E-state index contributed by atoms with van der Waals surface area (Å²) < 4.78 is 17.0. The molecule has 0 saturated carbocycles. The summed E-state index contributed by atoms with van der Waals surface area (Å²) >= 11 is 0. The molecule has 98 valence electrons. The minimum absolute atomic E-state index is 0.0193. The van der Waals surface area contributed by atoms with E-state index in [9.17, 15) is 0 Å². The van der Waals surface area contributed by atoms with Gasteiger partial charge in [-0.3, -0.25) is 0 Å². The fourth-order valence-corrected chi connectivity index (χ4v) is 3.24. The van der Waals surface area contributed by atoms with Gasteiger partial charge in [-0.25, -0.2) is 0 Å². The summed E-state index contributed by atoms with van der Waals surface area (Å²) in [5.41, 5.74) is 0.0193. The van der Waals surface area contributed by atoms with Crippen LogP contribution in [0.1, 0.15) is 32.1 Å². The highest BCUT2D eigenvalue weighted by Crippen LogP contribution is 2.33. The van der Waals surface area contributed by atoms with Crippen molar-refractivity contribution < 1.29 is 14.2 Å². The van der Waals surface area contributed by atoms with Crippen molar-refractivity contribution in [2.45, 2.75) is 49.8 Å². The molecule has 3 fully saturated rings. The molecule has 1 spiro atoms. The van der Waals surface area contributed by atoms with Gasteiger partial charge in [-0.1, -0.05) is 0 Å². The molecule has 17 heavy (non-hydrogen) atoms. The summed E-state index contributed by atoms with van der Waals surface area (Å²) in [7, 11) is 0. The minimum Gasteiger partial charge on any atom is -0.380 e. The zero-order valence-electron chi connectivity index (χ0n) is 10.5. The molecule has 0 bridgehead atoms. The van der Waals surface area contributed by atoms with Gasteiger partial charge in [0.1, 0.15) is 0 Å². The van der Waals surface area contributed by atoms with Crippen molar-refractivity contribution in [1.29, 1.82) is 0 Å². The fourth-order valence-electron chi connectivity index (χ4n) is 3.24. The largest absolute Gasteiger partial charge is 0.380 e. The van der Waals surface area contributed by atoms with Crippen LogP contribution in [0.2, 0.25) is 0 Å². The molecule has 0 aromatic carbocycles. The molecule has 3 unspecified atom stereocenters. The van der Waals surface area contributed by atoms with E-state index in [0.717, 1.165) is 52.3 Å². The van der Waals surface area contributed by atoms with Crippen LogP contribution < -0.4 is 5.32 Å². The maximum Gasteiger partial charge on any atom is 0.0951 e. The highest BCUT2D eigenvalue weighted by atomic mass is 16.6. The minimum atomic E-state index is 0.0193. The predicted octanol–water partition coefficient (Wildman–Crippen LogP) is 1.09. The van der Waals surface area contributed by atoms with E-state index in [4.69, 9.17) is 14.2 Å².